The lowest BCUT2D eigenvalue weighted by Gasteiger charge is -2.43. The molecule has 2 aliphatic rings. The number of morpholine rings is 1. The summed E-state index contributed by atoms with van der Waals surface area (Å²) < 4.78 is 31.0. The molecule has 188 valence electrons. The lowest BCUT2D eigenvalue weighted by molar-refractivity contribution is -0.167. The van der Waals surface area contributed by atoms with E-state index in [1.54, 1.807) is 29.2 Å². The lowest BCUT2D eigenvalue weighted by Crippen LogP contribution is -2.59. The van der Waals surface area contributed by atoms with Crippen LogP contribution in [0.15, 0.2) is 48.5 Å². The fraction of sp³-hybridized carbons (Fsp3) is 0.462. The van der Waals surface area contributed by atoms with Gasteiger partial charge in [0.25, 0.3) is 5.91 Å². The highest BCUT2D eigenvalue weighted by Gasteiger charge is 2.42. The van der Waals surface area contributed by atoms with Crippen LogP contribution in [-0.4, -0.2) is 73.2 Å². The van der Waals surface area contributed by atoms with Gasteiger partial charge in [-0.15, -0.1) is 0 Å². The molecule has 0 spiro atoms. The SMILES string of the molecule is O=C(CC1(COc2ccc(F)cc2)CN(C(=O)COc2ccc(Cl)cc2)CCO1)N1CCCCC1. The van der Waals surface area contributed by atoms with Crippen LogP contribution in [0.25, 0.3) is 0 Å². The number of amides is 2. The molecule has 0 aromatic heterocycles. The summed E-state index contributed by atoms with van der Waals surface area (Å²) in [5, 5.41) is 0.584. The molecule has 7 nitrogen and oxygen atoms in total. The molecule has 1 unspecified atom stereocenters. The van der Waals surface area contributed by atoms with Crippen LogP contribution in [0.5, 0.6) is 11.5 Å². The van der Waals surface area contributed by atoms with Crippen molar-refractivity contribution in [3.05, 3.63) is 59.4 Å². The van der Waals surface area contributed by atoms with Gasteiger partial charge in [0.15, 0.2) is 6.61 Å². The maximum atomic E-state index is 13.3. The molecule has 2 saturated heterocycles. The highest BCUT2D eigenvalue weighted by atomic mass is 35.5. The molecular weight excluding hydrogens is 475 g/mol. The molecule has 2 heterocycles. The minimum absolute atomic E-state index is 0.0147. The zero-order chi connectivity index (χ0) is 24.7. The van der Waals surface area contributed by atoms with Crippen LogP contribution in [0.3, 0.4) is 0 Å². The zero-order valence-corrected chi connectivity index (χ0v) is 20.3. The van der Waals surface area contributed by atoms with Gasteiger partial charge < -0.3 is 24.0 Å². The normalized spacial score (nSPS) is 20.4. The number of ether oxygens (including phenoxy) is 3. The van der Waals surface area contributed by atoms with Gasteiger partial charge in [-0.05, 0) is 67.8 Å². The van der Waals surface area contributed by atoms with Crippen LogP contribution in [-0.2, 0) is 14.3 Å². The molecule has 2 aromatic carbocycles. The highest BCUT2D eigenvalue weighted by Crippen LogP contribution is 2.27. The fourth-order valence-electron chi connectivity index (χ4n) is 4.35. The van der Waals surface area contributed by atoms with Crippen LogP contribution in [0.2, 0.25) is 5.02 Å². The maximum absolute atomic E-state index is 13.3. The predicted octanol–water partition coefficient (Wildman–Crippen LogP) is 3.94. The van der Waals surface area contributed by atoms with E-state index in [-0.39, 0.29) is 50.4 Å². The first-order valence-electron chi connectivity index (χ1n) is 11.9. The van der Waals surface area contributed by atoms with E-state index in [2.05, 4.69) is 0 Å². The number of rotatable bonds is 8. The fourth-order valence-corrected chi connectivity index (χ4v) is 4.47. The molecule has 2 aromatic rings. The number of nitrogens with zero attached hydrogens (tertiary/aromatic N) is 2. The molecule has 2 amide bonds. The molecule has 2 aliphatic heterocycles. The Bertz CT molecular complexity index is 998. The summed E-state index contributed by atoms with van der Waals surface area (Å²) >= 11 is 5.90. The van der Waals surface area contributed by atoms with Crippen LogP contribution in [0.4, 0.5) is 4.39 Å². The van der Waals surface area contributed by atoms with Gasteiger partial charge in [-0.1, -0.05) is 11.6 Å². The van der Waals surface area contributed by atoms with Gasteiger partial charge in [-0.3, -0.25) is 9.59 Å². The first kappa shape index (κ1) is 25.3. The van der Waals surface area contributed by atoms with E-state index < -0.39 is 5.60 Å². The van der Waals surface area contributed by atoms with Gasteiger partial charge in [-0.2, -0.15) is 0 Å². The van der Waals surface area contributed by atoms with E-state index in [4.69, 9.17) is 25.8 Å². The van der Waals surface area contributed by atoms with E-state index in [1.165, 1.54) is 24.3 Å². The maximum Gasteiger partial charge on any atom is 0.260 e. The Morgan fingerprint density at radius 2 is 1.54 bits per heavy atom. The summed E-state index contributed by atoms with van der Waals surface area (Å²) in [7, 11) is 0. The molecule has 0 aliphatic carbocycles. The molecular formula is C26H30ClFN2O5. The molecule has 35 heavy (non-hydrogen) atoms. The first-order valence-corrected chi connectivity index (χ1v) is 12.3. The van der Waals surface area contributed by atoms with E-state index >= 15 is 0 Å². The Balaban J connectivity index is 1.43. The van der Waals surface area contributed by atoms with Crippen LogP contribution in [0.1, 0.15) is 25.7 Å². The third-order valence-corrected chi connectivity index (χ3v) is 6.53. The van der Waals surface area contributed by atoms with Gasteiger partial charge in [-0.25, -0.2) is 4.39 Å². The molecule has 4 rings (SSSR count). The van der Waals surface area contributed by atoms with Crippen molar-refractivity contribution in [3.63, 3.8) is 0 Å². The van der Waals surface area contributed by atoms with Crippen molar-refractivity contribution in [3.8, 4) is 11.5 Å². The average molecular weight is 505 g/mol. The van der Waals surface area contributed by atoms with E-state index in [0.717, 1.165) is 32.4 Å². The Labute approximate surface area is 209 Å². The molecule has 0 bridgehead atoms. The first-order chi connectivity index (χ1) is 16.9. The van der Waals surface area contributed by atoms with E-state index in [0.29, 0.717) is 23.1 Å². The number of halogens is 2. The van der Waals surface area contributed by atoms with Crippen molar-refractivity contribution in [2.24, 2.45) is 0 Å². The number of carbonyl (C=O) groups excluding carboxylic acids is 2. The van der Waals surface area contributed by atoms with Crippen LogP contribution in [0, 0.1) is 5.82 Å². The van der Waals surface area contributed by atoms with Gasteiger partial charge in [0.05, 0.1) is 19.6 Å². The van der Waals surface area contributed by atoms with Gasteiger partial charge in [0.2, 0.25) is 5.91 Å². The largest absolute Gasteiger partial charge is 0.490 e. The molecule has 0 N–H and O–H groups in total. The summed E-state index contributed by atoms with van der Waals surface area (Å²) in [4.78, 5) is 29.6. The van der Waals surface area contributed by atoms with Crippen molar-refractivity contribution in [2.75, 3.05) is 46.0 Å². The topological polar surface area (TPSA) is 68.3 Å². The molecule has 9 heteroatoms. The van der Waals surface area contributed by atoms with E-state index in [9.17, 15) is 14.0 Å². The second-order valence-corrected chi connectivity index (χ2v) is 9.39. The monoisotopic (exact) mass is 504 g/mol. The summed E-state index contributed by atoms with van der Waals surface area (Å²) in [5.41, 5.74) is -1.02. The molecule has 0 radical (unpaired) electrons. The highest BCUT2D eigenvalue weighted by molar-refractivity contribution is 6.30. The van der Waals surface area contributed by atoms with Crippen molar-refractivity contribution in [1.82, 2.24) is 9.80 Å². The predicted molar refractivity (Wildman–Crippen MR) is 129 cm³/mol. The minimum Gasteiger partial charge on any atom is -0.490 e. The number of likely N-dealkylation sites (tertiary alicyclic amines) is 1. The van der Waals surface area contributed by atoms with Crippen LogP contribution >= 0.6 is 11.6 Å². The number of carbonyl (C=O) groups is 2. The van der Waals surface area contributed by atoms with Crippen molar-refractivity contribution < 1.29 is 28.2 Å². The molecule has 2 fully saturated rings. The van der Waals surface area contributed by atoms with Crippen LogP contribution < -0.4 is 9.47 Å². The standard InChI is InChI=1S/C26H30ClFN2O5/c27-20-4-8-22(9-5-20)33-17-25(32)30-14-15-35-26(18-30,16-24(31)29-12-2-1-3-13-29)19-34-23-10-6-21(28)7-11-23/h4-11H,1-3,12-19H2. The van der Waals surface area contributed by atoms with E-state index in [1.807, 2.05) is 4.90 Å². The second-order valence-electron chi connectivity index (χ2n) is 8.95. The van der Waals surface area contributed by atoms with Gasteiger partial charge >= 0.3 is 0 Å². The van der Waals surface area contributed by atoms with Crippen molar-refractivity contribution in [1.29, 1.82) is 0 Å². The second kappa shape index (κ2) is 11.7. The Morgan fingerprint density at radius 3 is 2.26 bits per heavy atom. The Hall–Kier alpha value is -2.84. The number of hydrogen-bond donors (Lipinski definition) is 0. The zero-order valence-electron chi connectivity index (χ0n) is 19.6. The number of piperidine rings is 1. The summed E-state index contributed by atoms with van der Waals surface area (Å²) in [6.45, 7) is 2.22. The lowest BCUT2D eigenvalue weighted by atomic mass is 9.96. The smallest absolute Gasteiger partial charge is 0.260 e. The Morgan fingerprint density at radius 1 is 0.886 bits per heavy atom. The summed E-state index contributed by atoms with van der Waals surface area (Å²) in [6.07, 6.45) is 3.18. The minimum atomic E-state index is -1.02. The molecule has 1 atom stereocenters. The molecule has 0 saturated carbocycles. The Kier molecular flexibility index (Phi) is 8.46. The quantitative estimate of drug-likeness (QED) is 0.545. The number of hydrogen-bond acceptors (Lipinski definition) is 5. The van der Waals surface area contributed by atoms with Crippen molar-refractivity contribution >= 4 is 23.4 Å². The van der Waals surface area contributed by atoms with Gasteiger partial charge in [0, 0.05) is 24.7 Å². The van der Waals surface area contributed by atoms with Gasteiger partial charge in [0.1, 0.15) is 29.5 Å². The third kappa shape index (κ3) is 7.08. The summed E-state index contributed by atoms with van der Waals surface area (Å²) in [6, 6.07) is 12.5. The van der Waals surface area contributed by atoms with Crippen molar-refractivity contribution in [2.45, 2.75) is 31.3 Å². The number of benzene rings is 2. The summed E-state index contributed by atoms with van der Waals surface area (Å²) in [5.74, 6) is 0.425. The average Bonchev–Trinajstić information content (AvgIpc) is 2.88. The third-order valence-electron chi connectivity index (χ3n) is 6.27.